The van der Waals surface area contributed by atoms with Crippen LogP contribution in [0, 0.1) is 6.92 Å². The van der Waals surface area contributed by atoms with Gasteiger partial charge in [0.1, 0.15) is 0 Å². The van der Waals surface area contributed by atoms with Gasteiger partial charge in [0.05, 0.1) is 4.21 Å². The maximum atomic E-state index is 5.74. The van der Waals surface area contributed by atoms with Crippen molar-refractivity contribution in [2.45, 2.75) is 22.6 Å². The molecule has 0 aliphatic carbocycles. The van der Waals surface area contributed by atoms with Crippen LogP contribution in [0.5, 0.6) is 0 Å². The number of nitrogens with two attached hydrogens (primary N) is 1. The maximum absolute atomic E-state index is 5.74. The third-order valence-corrected chi connectivity index (χ3v) is 4.54. The summed E-state index contributed by atoms with van der Waals surface area (Å²) in [6.07, 6.45) is 0. The summed E-state index contributed by atoms with van der Waals surface area (Å²) in [5.74, 6) is 0. The van der Waals surface area contributed by atoms with Gasteiger partial charge in [-0.2, -0.15) is 0 Å². The minimum absolute atomic E-state index is 0.607. The van der Waals surface area contributed by atoms with Crippen LogP contribution >= 0.6 is 23.1 Å². The molecule has 0 fully saturated rings. The normalized spacial score (nSPS) is 10.5. The molecule has 0 unspecified atom stereocenters. The molecule has 0 radical (unpaired) electrons. The summed E-state index contributed by atoms with van der Waals surface area (Å²) in [5.41, 5.74) is 8.27. The average Bonchev–Trinajstić information content (AvgIpc) is 2.74. The van der Waals surface area contributed by atoms with Crippen LogP contribution in [-0.4, -0.2) is 0 Å². The van der Waals surface area contributed by atoms with Crippen LogP contribution in [0.4, 0.5) is 0 Å². The lowest BCUT2D eigenvalue weighted by Gasteiger charge is -2.09. The molecular weight excluding hydrogens is 222 g/mol. The van der Waals surface area contributed by atoms with Gasteiger partial charge in [0.15, 0.2) is 0 Å². The number of hydrogen-bond acceptors (Lipinski definition) is 3. The smallest absolute Gasteiger partial charge is 0.0646 e. The molecule has 0 aliphatic heterocycles. The fraction of sp³-hybridized carbons (Fsp3) is 0.167. The Morgan fingerprint density at radius 3 is 2.80 bits per heavy atom. The Morgan fingerprint density at radius 2 is 2.13 bits per heavy atom. The molecule has 15 heavy (non-hydrogen) atoms. The zero-order chi connectivity index (χ0) is 10.7. The van der Waals surface area contributed by atoms with E-state index in [2.05, 4.69) is 42.6 Å². The lowest BCUT2D eigenvalue weighted by Crippen LogP contribution is -1.99. The zero-order valence-corrected chi connectivity index (χ0v) is 10.2. The first kappa shape index (κ1) is 10.7. The van der Waals surface area contributed by atoms with Gasteiger partial charge in [-0.15, -0.1) is 11.3 Å². The SMILES string of the molecule is Cc1cccc(CN)c1Sc1cccs1. The molecule has 0 amide bonds. The van der Waals surface area contributed by atoms with Gasteiger partial charge < -0.3 is 5.73 Å². The highest BCUT2D eigenvalue weighted by molar-refractivity contribution is 8.01. The molecule has 0 aliphatic rings. The van der Waals surface area contributed by atoms with Crippen molar-refractivity contribution in [3.8, 4) is 0 Å². The van der Waals surface area contributed by atoms with E-state index in [4.69, 9.17) is 5.73 Å². The fourth-order valence-electron chi connectivity index (χ4n) is 1.44. The Morgan fingerprint density at radius 1 is 1.27 bits per heavy atom. The number of hydrogen-bond donors (Lipinski definition) is 1. The standard InChI is InChI=1S/C12H13NS2/c1-9-4-2-5-10(8-13)12(9)15-11-6-3-7-14-11/h2-7H,8,13H2,1H3. The third kappa shape index (κ3) is 2.43. The van der Waals surface area contributed by atoms with Gasteiger partial charge in [0.2, 0.25) is 0 Å². The van der Waals surface area contributed by atoms with Gasteiger partial charge in [0, 0.05) is 11.4 Å². The van der Waals surface area contributed by atoms with Gasteiger partial charge >= 0.3 is 0 Å². The molecule has 1 nitrogen and oxygen atoms in total. The monoisotopic (exact) mass is 235 g/mol. The molecule has 0 atom stereocenters. The summed E-state index contributed by atoms with van der Waals surface area (Å²) in [4.78, 5) is 1.31. The summed E-state index contributed by atoms with van der Waals surface area (Å²) < 4.78 is 1.32. The van der Waals surface area contributed by atoms with Crippen LogP contribution in [0.15, 0.2) is 44.8 Å². The van der Waals surface area contributed by atoms with Crippen molar-refractivity contribution >= 4 is 23.1 Å². The van der Waals surface area contributed by atoms with Gasteiger partial charge in [-0.3, -0.25) is 0 Å². The molecule has 2 N–H and O–H groups in total. The quantitative estimate of drug-likeness (QED) is 0.878. The van der Waals surface area contributed by atoms with Crippen molar-refractivity contribution < 1.29 is 0 Å². The fourth-order valence-corrected chi connectivity index (χ4v) is 3.36. The van der Waals surface area contributed by atoms with Crippen LogP contribution in [0.1, 0.15) is 11.1 Å². The van der Waals surface area contributed by atoms with Crippen LogP contribution in [0.25, 0.3) is 0 Å². The van der Waals surface area contributed by atoms with Gasteiger partial charge in [-0.25, -0.2) is 0 Å². The predicted octanol–water partition coefficient (Wildman–Crippen LogP) is 3.67. The van der Waals surface area contributed by atoms with Crippen molar-refractivity contribution in [2.24, 2.45) is 5.73 Å². The van der Waals surface area contributed by atoms with Crippen LogP contribution in [-0.2, 0) is 6.54 Å². The molecule has 0 saturated heterocycles. The summed E-state index contributed by atoms with van der Waals surface area (Å²) in [6, 6.07) is 10.5. The van der Waals surface area contributed by atoms with E-state index in [1.807, 2.05) is 11.8 Å². The molecule has 1 heterocycles. The molecule has 78 valence electrons. The Kier molecular flexibility index (Phi) is 3.46. The van der Waals surface area contributed by atoms with Crippen molar-refractivity contribution in [3.05, 3.63) is 46.8 Å². The predicted molar refractivity (Wildman–Crippen MR) is 67.5 cm³/mol. The first-order valence-electron chi connectivity index (χ1n) is 4.81. The van der Waals surface area contributed by atoms with Crippen molar-refractivity contribution in [2.75, 3.05) is 0 Å². The molecule has 0 saturated carbocycles. The maximum Gasteiger partial charge on any atom is 0.0646 e. The van der Waals surface area contributed by atoms with Crippen LogP contribution in [0.2, 0.25) is 0 Å². The average molecular weight is 235 g/mol. The molecule has 1 aromatic carbocycles. The first-order chi connectivity index (χ1) is 7.31. The van der Waals surface area contributed by atoms with E-state index < -0.39 is 0 Å². The largest absolute Gasteiger partial charge is 0.326 e. The Bertz CT molecular complexity index is 435. The van der Waals surface area contributed by atoms with Crippen molar-refractivity contribution in [1.82, 2.24) is 0 Å². The van der Waals surface area contributed by atoms with Gasteiger partial charge in [-0.1, -0.05) is 36.0 Å². The second-order valence-corrected chi connectivity index (χ2v) is 5.56. The Hall–Kier alpha value is -0.770. The van der Waals surface area contributed by atoms with Gasteiger partial charge in [-0.05, 0) is 29.5 Å². The number of rotatable bonds is 3. The minimum Gasteiger partial charge on any atom is -0.326 e. The van der Waals surface area contributed by atoms with Crippen LogP contribution < -0.4 is 5.73 Å². The van der Waals surface area contributed by atoms with Gasteiger partial charge in [0.25, 0.3) is 0 Å². The molecule has 0 bridgehead atoms. The van der Waals surface area contributed by atoms with Crippen molar-refractivity contribution in [1.29, 1.82) is 0 Å². The van der Waals surface area contributed by atoms with E-state index in [9.17, 15) is 0 Å². The molecule has 2 aromatic rings. The topological polar surface area (TPSA) is 26.0 Å². The molecule has 0 spiro atoms. The first-order valence-corrected chi connectivity index (χ1v) is 6.51. The Balaban J connectivity index is 2.34. The number of benzene rings is 1. The zero-order valence-electron chi connectivity index (χ0n) is 8.57. The molecular formula is C12H13NS2. The summed E-state index contributed by atoms with van der Waals surface area (Å²) in [5, 5.41) is 2.10. The van der Waals surface area contributed by atoms with Crippen LogP contribution in [0.3, 0.4) is 0 Å². The lowest BCUT2D eigenvalue weighted by molar-refractivity contribution is 1.01. The second-order valence-electron chi connectivity index (χ2n) is 3.30. The third-order valence-electron chi connectivity index (χ3n) is 2.21. The summed E-state index contributed by atoms with van der Waals surface area (Å²) in [7, 11) is 0. The number of thiophene rings is 1. The summed E-state index contributed by atoms with van der Waals surface area (Å²) in [6.45, 7) is 2.74. The van der Waals surface area contributed by atoms with Crippen molar-refractivity contribution in [3.63, 3.8) is 0 Å². The Labute approximate surface area is 98.3 Å². The highest BCUT2D eigenvalue weighted by Crippen LogP contribution is 2.35. The van der Waals surface area contributed by atoms with E-state index in [-0.39, 0.29) is 0 Å². The second kappa shape index (κ2) is 4.84. The molecule has 2 rings (SSSR count). The van der Waals surface area contributed by atoms with E-state index in [0.29, 0.717) is 6.54 Å². The lowest BCUT2D eigenvalue weighted by atomic mass is 10.1. The number of aryl methyl sites for hydroxylation is 1. The minimum atomic E-state index is 0.607. The van der Waals surface area contributed by atoms with E-state index >= 15 is 0 Å². The molecule has 3 heteroatoms. The van der Waals surface area contributed by atoms with E-state index in [1.54, 1.807) is 11.3 Å². The van der Waals surface area contributed by atoms with E-state index in [0.717, 1.165) is 0 Å². The highest BCUT2D eigenvalue weighted by Gasteiger charge is 2.06. The van der Waals surface area contributed by atoms with E-state index in [1.165, 1.54) is 20.2 Å². The highest BCUT2D eigenvalue weighted by atomic mass is 32.2. The molecule has 1 aromatic heterocycles. The summed E-state index contributed by atoms with van der Waals surface area (Å²) >= 11 is 3.58.